The number of esters is 1. The Balaban J connectivity index is 3.08. The third-order valence-corrected chi connectivity index (χ3v) is 2.77. The van der Waals surface area contributed by atoms with Crippen LogP contribution in [0.5, 0.6) is 17.2 Å². The molecule has 1 aromatic rings. The van der Waals surface area contributed by atoms with Crippen molar-refractivity contribution in [3.63, 3.8) is 0 Å². The molecule has 7 heteroatoms. The zero-order valence-corrected chi connectivity index (χ0v) is 13.2. The number of rotatable bonds is 6. The highest BCUT2D eigenvalue weighted by Crippen LogP contribution is 2.38. The summed E-state index contributed by atoms with van der Waals surface area (Å²) in [6.45, 7) is 1.58. The standard InChI is InChI=1S/C15H19NO6/c1-9(6-13(17)21-4)16-15(18)10-7-11(19-2)14(22-5)12(8-10)20-3/h6-8H,1-5H3,(H,16,18). The second-order valence-electron chi connectivity index (χ2n) is 4.22. The lowest BCUT2D eigenvalue weighted by molar-refractivity contribution is -0.134. The summed E-state index contributed by atoms with van der Waals surface area (Å²) in [5, 5.41) is 2.57. The molecule has 1 amide bonds. The van der Waals surface area contributed by atoms with Gasteiger partial charge in [0.2, 0.25) is 5.75 Å². The summed E-state index contributed by atoms with van der Waals surface area (Å²) in [6, 6.07) is 3.03. The first kappa shape index (κ1) is 17.4. The molecule has 1 N–H and O–H groups in total. The van der Waals surface area contributed by atoms with Gasteiger partial charge in [-0.25, -0.2) is 4.79 Å². The van der Waals surface area contributed by atoms with Crippen LogP contribution in [0.25, 0.3) is 0 Å². The summed E-state index contributed by atoms with van der Waals surface area (Å²) in [5.74, 6) is 0.145. The quantitative estimate of drug-likeness (QED) is 0.633. The van der Waals surface area contributed by atoms with Gasteiger partial charge in [0.15, 0.2) is 11.5 Å². The first-order chi connectivity index (χ1) is 10.5. The van der Waals surface area contributed by atoms with E-state index in [9.17, 15) is 9.59 Å². The van der Waals surface area contributed by atoms with Crippen LogP contribution in [-0.4, -0.2) is 40.3 Å². The van der Waals surface area contributed by atoms with Gasteiger partial charge >= 0.3 is 5.97 Å². The van der Waals surface area contributed by atoms with E-state index < -0.39 is 11.9 Å². The Hall–Kier alpha value is -2.70. The molecule has 0 aliphatic rings. The minimum atomic E-state index is -0.553. The normalized spacial score (nSPS) is 10.7. The predicted octanol–water partition coefficient (Wildman–Crippen LogP) is 1.52. The zero-order valence-electron chi connectivity index (χ0n) is 13.2. The molecule has 1 rings (SSSR count). The Morgan fingerprint density at radius 2 is 1.55 bits per heavy atom. The van der Waals surface area contributed by atoms with E-state index in [0.29, 0.717) is 28.5 Å². The Bertz CT molecular complexity index is 569. The number of methoxy groups -OCH3 is 4. The highest BCUT2D eigenvalue weighted by atomic mass is 16.5. The molecule has 7 nitrogen and oxygen atoms in total. The van der Waals surface area contributed by atoms with Gasteiger partial charge in [-0.2, -0.15) is 0 Å². The van der Waals surface area contributed by atoms with Gasteiger partial charge < -0.3 is 24.3 Å². The first-order valence-corrected chi connectivity index (χ1v) is 6.34. The molecule has 0 aromatic heterocycles. The number of ether oxygens (including phenoxy) is 4. The molecule has 1 aromatic carbocycles. The lowest BCUT2D eigenvalue weighted by atomic mass is 10.1. The number of benzene rings is 1. The maximum atomic E-state index is 12.2. The van der Waals surface area contributed by atoms with Crippen molar-refractivity contribution in [2.45, 2.75) is 6.92 Å². The predicted molar refractivity (Wildman–Crippen MR) is 79.3 cm³/mol. The lowest BCUT2D eigenvalue weighted by Gasteiger charge is -2.14. The van der Waals surface area contributed by atoms with Crippen molar-refractivity contribution in [1.29, 1.82) is 0 Å². The van der Waals surface area contributed by atoms with Gasteiger partial charge in [0.25, 0.3) is 5.91 Å². The van der Waals surface area contributed by atoms with Gasteiger partial charge in [-0.1, -0.05) is 0 Å². The Morgan fingerprint density at radius 3 is 1.95 bits per heavy atom. The Kier molecular flexibility index (Phi) is 6.25. The third kappa shape index (κ3) is 4.15. The van der Waals surface area contributed by atoms with Gasteiger partial charge in [-0.15, -0.1) is 0 Å². The van der Waals surface area contributed by atoms with E-state index in [4.69, 9.17) is 14.2 Å². The molecule has 0 bridgehead atoms. The van der Waals surface area contributed by atoms with Crippen molar-refractivity contribution in [2.75, 3.05) is 28.4 Å². The lowest BCUT2D eigenvalue weighted by Crippen LogP contribution is -2.22. The topological polar surface area (TPSA) is 83.1 Å². The molecule has 0 saturated heterocycles. The van der Waals surface area contributed by atoms with Crippen molar-refractivity contribution >= 4 is 11.9 Å². The van der Waals surface area contributed by atoms with E-state index in [-0.39, 0.29) is 0 Å². The smallest absolute Gasteiger partial charge is 0.332 e. The minimum absolute atomic E-state index is 0.298. The number of amides is 1. The average molecular weight is 309 g/mol. The van der Waals surface area contributed by atoms with Gasteiger partial charge in [0.05, 0.1) is 28.4 Å². The number of nitrogens with one attached hydrogen (secondary N) is 1. The van der Waals surface area contributed by atoms with Crippen LogP contribution in [0.15, 0.2) is 23.9 Å². The number of hydrogen-bond donors (Lipinski definition) is 1. The van der Waals surface area contributed by atoms with E-state index in [1.54, 1.807) is 6.92 Å². The van der Waals surface area contributed by atoms with Gasteiger partial charge in [-0.3, -0.25) is 4.79 Å². The van der Waals surface area contributed by atoms with Crippen molar-refractivity contribution in [1.82, 2.24) is 5.32 Å². The highest BCUT2D eigenvalue weighted by molar-refractivity contribution is 5.97. The fraction of sp³-hybridized carbons (Fsp3) is 0.333. The first-order valence-electron chi connectivity index (χ1n) is 6.34. The summed E-state index contributed by atoms with van der Waals surface area (Å²) >= 11 is 0. The molecule has 0 saturated carbocycles. The molecular weight excluding hydrogens is 290 g/mol. The Labute approximate surface area is 128 Å². The largest absolute Gasteiger partial charge is 0.493 e. The second kappa shape index (κ2) is 7.92. The summed E-state index contributed by atoms with van der Waals surface area (Å²) in [4.78, 5) is 23.3. The van der Waals surface area contributed by atoms with E-state index in [1.165, 1.54) is 46.6 Å². The average Bonchev–Trinajstić information content (AvgIpc) is 2.52. The van der Waals surface area contributed by atoms with Crippen molar-refractivity contribution in [3.05, 3.63) is 29.5 Å². The van der Waals surface area contributed by atoms with Crippen molar-refractivity contribution in [3.8, 4) is 17.2 Å². The van der Waals surface area contributed by atoms with Crippen LogP contribution >= 0.6 is 0 Å². The summed E-state index contributed by atoms with van der Waals surface area (Å²) in [7, 11) is 5.65. The minimum Gasteiger partial charge on any atom is -0.493 e. The fourth-order valence-electron chi connectivity index (χ4n) is 1.74. The van der Waals surface area contributed by atoms with Crippen LogP contribution in [0, 0.1) is 0 Å². The molecule has 120 valence electrons. The molecule has 0 fully saturated rings. The molecule has 0 heterocycles. The van der Waals surface area contributed by atoms with Gasteiger partial charge in [0.1, 0.15) is 0 Å². The van der Waals surface area contributed by atoms with E-state index >= 15 is 0 Å². The second-order valence-corrected chi connectivity index (χ2v) is 4.22. The van der Waals surface area contributed by atoms with Crippen LogP contribution in [-0.2, 0) is 9.53 Å². The molecule has 0 unspecified atom stereocenters. The summed E-state index contributed by atoms with van der Waals surface area (Å²) in [5.41, 5.74) is 0.651. The van der Waals surface area contributed by atoms with Gasteiger partial charge in [-0.05, 0) is 19.1 Å². The number of carbonyl (C=O) groups excluding carboxylic acids is 2. The van der Waals surface area contributed by atoms with Crippen LogP contribution in [0.1, 0.15) is 17.3 Å². The molecular formula is C15H19NO6. The maximum Gasteiger partial charge on any atom is 0.332 e. The van der Waals surface area contributed by atoms with Crippen LogP contribution in [0.4, 0.5) is 0 Å². The molecule has 0 atom stereocenters. The molecule has 22 heavy (non-hydrogen) atoms. The van der Waals surface area contributed by atoms with Crippen LogP contribution in [0.3, 0.4) is 0 Å². The molecule has 0 radical (unpaired) electrons. The van der Waals surface area contributed by atoms with E-state index in [1.807, 2.05) is 0 Å². The monoisotopic (exact) mass is 309 g/mol. The summed E-state index contributed by atoms with van der Waals surface area (Å²) in [6.07, 6.45) is 1.18. The third-order valence-electron chi connectivity index (χ3n) is 2.77. The zero-order chi connectivity index (χ0) is 16.7. The summed E-state index contributed by atoms with van der Waals surface area (Å²) < 4.78 is 20.0. The molecule has 0 aliphatic carbocycles. The van der Waals surface area contributed by atoms with Crippen LogP contribution in [0.2, 0.25) is 0 Å². The molecule has 0 spiro atoms. The van der Waals surface area contributed by atoms with E-state index in [2.05, 4.69) is 10.1 Å². The number of hydrogen-bond acceptors (Lipinski definition) is 6. The molecule has 0 aliphatic heterocycles. The fourth-order valence-corrected chi connectivity index (χ4v) is 1.74. The Morgan fingerprint density at radius 1 is 1.00 bits per heavy atom. The van der Waals surface area contributed by atoms with Crippen molar-refractivity contribution < 1.29 is 28.5 Å². The number of carbonyl (C=O) groups is 2. The highest BCUT2D eigenvalue weighted by Gasteiger charge is 2.17. The van der Waals surface area contributed by atoms with Crippen molar-refractivity contribution in [2.24, 2.45) is 0 Å². The SMILES string of the molecule is COC(=O)C=C(C)NC(=O)c1cc(OC)c(OC)c(OC)c1. The van der Waals surface area contributed by atoms with Gasteiger partial charge in [0, 0.05) is 17.3 Å². The van der Waals surface area contributed by atoms with E-state index in [0.717, 1.165) is 0 Å². The number of allylic oxidation sites excluding steroid dienone is 1. The van der Waals surface area contributed by atoms with Crippen LogP contribution < -0.4 is 19.5 Å². The maximum absolute atomic E-state index is 12.2.